The fourth-order valence-electron chi connectivity index (χ4n) is 7.17. The molecule has 22 heavy (non-hydrogen) atoms. The molecule has 3 saturated carbocycles. The second-order valence-electron chi connectivity index (χ2n) is 8.99. The summed E-state index contributed by atoms with van der Waals surface area (Å²) in [5.41, 5.74) is 0.339. The summed E-state index contributed by atoms with van der Waals surface area (Å²) in [7, 11) is 0. The second-order valence-corrected chi connectivity index (χ2v) is 8.99. The third-order valence-corrected chi connectivity index (χ3v) is 8.24. The van der Waals surface area contributed by atoms with Gasteiger partial charge in [0, 0.05) is 0 Å². The molecule has 4 rings (SSSR count). The van der Waals surface area contributed by atoms with E-state index in [4.69, 9.17) is 0 Å². The van der Waals surface area contributed by atoms with Crippen LogP contribution >= 0.6 is 0 Å². The van der Waals surface area contributed by atoms with Gasteiger partial charge in [0.05, 0.1) is 18.1 Å². The molecule has 0 bridgehead atoms. The van der Waals surface area contributed by atoms with Gasteiger partial charge in [0.15, 0.2) is 0 Å². The average molecular weight is 299 g/mol. The summed E-state index contributed by atoms with van der Waals surface area (Å²) >= 11 is 0. The molecule has 0 radical (unpaired) electrons. The summed E-state index contributed by atoms with van der Waals surface area (Å²) < 4.78 is 0. The first-order valence-electron chi connectivity index (χ1n) is 9.25. The first-order chi connectivity index (χ1) is 10.5. The minimum absolute atomic E-state index is 0.0586. The van der Waals surface area contributed by atoms with E-state index < -0.39 is 0 Å². The third-order valence-electron chi connectivity index (χ3n) is 8.24. The minimum atomic E-state index is -0.209. The summed E-state index contributed by atoms with van der Waals surface area (Å²) in [5.74, 6) is 2.57. The Morgan fingerprint density at radius 1 is 1.14 bits per heavy atom. The van der Waals surface area contributed by atoms with E-state index in [1.54, 1.807) is 0 Å². The molecule has 0 amide bonds. The summed E-state index contributed by atoms with van der Waals surface area (Å²) in [4.78, 5) is 0. The van der Waals surface area contributed by atoms with E-state index in [9.17, 15) is 10.4 Å². The van der Waals surface area contributed by atoms with Crippen molar-refractivity contribution in [1.82, 2.24) is 0 Å². The molecule has 0 aromatic heterocycles. The molecule has 120 valence electrons. The van der Waals surface area contributed by atoms with Crippen LogP contribution in [0.5, 0.6) is 0 Å². The Balaban J connectivity index is 1.72. The van der Waals surface area contributed by atoms with Gasteiger partial charge in [-0.25, -0.2) is 0 Å². The van der Waals surface area contributed by atoms with E-state index in [0.29, 0.717) is 23.7 Å². The Labute approximate surface area is 134 Å². The number of allylic oxidation sites excluding steroid dienone is 2. The van der Waals surface area contributed by atoms with E-state index >= 15 is 0 Å². The maximum Gasteiger partial charge on any atom is 0.0661 e. The van der Waals surface area contributed by atoms with Crippen LogP contribution in [-0.4, -0.2) is 11.2 Å². The second kappa shape index (κ2) is 4.84. The lowest BCUT2D eigenvalue weighted by molar-refractivity contribution is -0.152. The maximum atomic E-state index is 11.1. The van der Waals surface area contributed by atoms with Gasteiger partial charge in [0.2, 0.25) is 0 Å². The largest absolute Gasteiger partial charge is 0.393 e. The number of aliphatic hydroxyl groups excluding tert-OH is 1. The van der Waals surface area contributed by atoms with Crippen LogP contribution in [0.2, 0.25) is 0 Å². The van der Waals surface area contributed by atoms with Crippen molar-refractivity contribution < 1.29 is 5.11 Å². The molecule has 8 atom stereocenters. The van der Waals surface area contributed by atoms with Gasteiger partial charge in [-0.1, -0.05) is 26.0 Å². The summed E-state index contributed by atoms with van der Waals surface area (Å²) in [6, 6.07) is 2.56. The zero-order chi connectivity index (χ0) is 15.5. The molecule has 0 unspecified atom stereocenters. The molecule has 1 N–H and O–H groups in total. The quantitative estimate of drug-likeness (QED) is 0.677. The van der Waals surface area contributed by atoms with Gasteiger partial charge in [0.1, 0.15) is 0 Å². The third kappa shape index (κ3) is 1.75. The van der Waals surface area contributed by atoms with E-state index in [-0.39, 0.29) is 22.9 Å². The molecule has 0 aliphatic heterocycles. The average Bonchev–Trinajstić information content (AvgIpc) is 2.82. The maximum absolute atomic E-state index is 11.1. The number of hydrogen-bond acceptors (Lipinski definition) is 2. The molecular weight excluding hydrogens is 270 g/mol. The van der Waals surface area contributed by atoms with Gasteiger partial charge in [-0.15, -0.1) is 0 Å². The Morgan fingerprint density at radius 2 is 1.95 bits per heavy atom. The van der Waals surface area contributed by atoms with Gasteiger partial charge in [-0.2, -0.15) is 5.26 Å². The smallest absolute Gasteiger partial charge is 0.0661 e. The van der Waals surface area contributed by atoms with E-state index in [1.807, 2.05) is 0 Å². The predicted octanol–water partition coefficient (Wildman–Crippen LogP) is 4.31. The zero-order valence-electron chi connectivity index (χ0n) is 14.0. The van der Waals surface area contributed by atoms with Crippen molar-refractivity contribution in [3.05, 3.63) is 12.2 Å². The SMILES string of the molecule is C[C@]12CCC=C[C@@H]1CC[C@@H]1[C@@H]2[C@@H](O)C[C@]2(C)[C@@H](C#N)CC[C@@H]12. The van der Waals surface area contributed by atoms with E-state index in [0.717, 1.165) is 12.8 Å². The minimum Gasteiger partial charge on any atom is -0.393 e. The van der Waals surface area contributed by atoms with Crippen LogP contribution < -0.4 is 0 Å². The molecule has 2 heteroatoms. The molecule has 0 aromatic rings. The molecule has 0 aromatic carbocycles. The molecule has 2 nitrogen and oxygen atoms in total. The van der Waals surface area contributed by atoms with Crippen LogP contribution in [0.4, 0.5) is 0 Å². The highest BCUT2D eigenvalue weighted by atomic mass is 16.3. The van der Waals surface area contributed by atoms with Gasteiger partial charge in [0.25, 0.3) is 0 Å². The predicted molar refractivity (Wildman–Crippen MR) is 86.7 cm³/mol. The standard InChI is InChI=1S/C20H29NO/c1-19-10-4-3-5-13(19)6-8-15-16-9-7-14(12-21)20(16,2)11-17(22)18(15)19/h3,5,13-18,22H,4,6-11H2,1-2H3/t13-,14-,15+,16+,17+,18-,19+,20-/m1/s1. The first kappa shape index (κ1) is 14.8. The van der Waals surface area contributed by atoms with Crippen molar-refractivity contribution >= 4 is 0 Å². The Bertz CT molecular complexity index is 534. The van der Waals surface area contributed by atoms with Crippen molar-refractivity contribution in [2.24, 2.45) is 40.4 Å². The van der Waals surface area contributed by atoms with Gasteiger partial charge >= 0.3 is 0 Å². The number of fused-ring (bicyclic) bond motifs is 5. The summed E-state index contributed by atoms with van der Waals surface area (Å²) in [6.07, 6.45) is 12.6. The molecule has 3 fully saturated rings. The molecule has 0 saturated heterocycles. The van der Waals surface area contributed by atoms with Crippen LogP contribution in [0.3, 0.4) is 0 Å². The van der Waals surface area contributed by atoms with E-state index in [2.05, 4.69) is 32.1 Å². The van der Waals surface area contributed by atoms with Gasteiger partial charge < -0.3 is 5.11 Å². The van der Waals surface area contributed by atoms with Crippen LogP contribution in [0, 0.1) is 51.8 Å². The topological polar surface area (TPSA) is 44.0 Å². The number of rotatable bonds is 0. The van der Waals surface area contributed by atoms with Crippen molar-refractivity contribution in [2.45, 2.75) is 64.9 Å². The van der Waals surface area contributed by atoms with Crippen molar-refractivity contribution in [1.29, 1.82) is 5.26 Å². The first-order valence-corrected chi connectivity index (χ1v) is 9.25. The number of aliphatic hydroxyl groups is 1. The van der Waals surface area contributed by atoms with Crippen molar-refractivity contribution in [2.75, 3.05) is 0 Å². The monoisotopic (exact) mass is 299 g/mol. The van der Waals surface area contributed by atoms with Gasteiger partial charge in [-0.05, 0) is 79.4 Å². The highest BCUT2D eigenvalue weighted by Crippen LogP contribution is 2.66. The fraction of sp³-hybridized carbons (Fsp3) is 0.850. The molecule has 4 aliphatic rings. The van der Waals surface area contributed by atoms with Crippen molar-refractivity contribution in [3.8, 4) is 6.07 Å². The number of nitrogens with zero attached hydrogens (tertiary/aromatic N) is 1. The lowest BCUT2D eigenvalue weighted by Crippen LogP contribution is -2.57. The van der Waals surface area contributed by atoms with Crippen molar-refractivity contribution in [3.63, 3.8) is 0 Å². The lowest BCUT2D eigenvalue weighted by atomic mass is 9.45. The number of hydrogen-bond donors (Lipinski definition) is 1. The summed E-state index contributed by atoms with van der Waals surface area (Å²) in [5, 5.41) is 20.7. The highest BCUT2D eigenvalue weighted by molar-refractivity contribution is 5.17. The van der Waals surface area contributed by atoms with Crippen LogP contribution in [0.1, 0.15) is 58.8 Å². The Hall–Kier alpha value is -0.810. The normalized spacial score (nSPS) is 56.6. The Kier molecular flexibility index (Phi) is 3.25. The molecular formula is C20H29NO. The highest BCUT2D eigenvalue weighted by Gasteiger charge is 2.62. The molecule has 0 spiro atoms. The molecule has 4 aliphatic carbocycles. The van der Waals surface area contributed by atoms with Crippen LogP contribution in [0.15, 0.2) is 12.2 Å². The zero-order valence-corrected chi connectivity index (χ0v) is 14.0. The van der Waals surface area contributed by atoms with E-state index in [1.165, 1.54) is 32.1 Å². The summed E-state index contributed by atoms with van der Waals surface area (Å²) in [6.45, 7) is 4.74. The number of nitriles is 1. The molecule has 0 heterocycles. The van der Waals surface area contributed by atoms with Crippen LogP contribution in [0.25, 0.3) is 0 Å². The fourth-order valence-corrected chi connectivity index (χ4v) is 7.17. The lowest BCUT2D eigenvalue weighted by Gasteiger charge is -2.60. The van der Waals surface area contributed by atoms with Gasteiger partial charge in [-0.3, -0.25) is 0 Å². The Morgan fingerprint density at radius 3 is 2.73 bits per heavy atom. The van der Waals surface area contributed by atoms with Crippen LogP contribution in [-0.2, 0) is 0 Å².